The predicted octanol–water partition coefficient (Wildman–Crippen LogP) is 4.19. The smallest absolute Gasteiger partial charge is 0.326 e. The van der Waals surface area contributed by atoms with E-state index in [1.165, 1.54) is 40.2 Å². The van der Waals surface area contributed by atoms with Gasteiger partial charge in [0.05, 0.1) is 33.5 Å². The third-order valence-electron chi connectivity index (χ3n) is 3.75. The number of carbonyl (C=O) groups excluding carboxylic acids is 2. The van der Waals surface area contributed by atoms with Crippen LogP contribution in [0.15, 0.2) is 41.4 Å². The van der Waals surface area contributed by atoms with Gasteiger partial charge in [0.25, 0.3) is 5.91 Å². The van der Waals surface area contributed by atoms with Crippen molar-refractivity contribution in [2.45, 2.75) is 13.5 Å². The van der Waals surface area contributed by atoms with E-state index in [9.17, 15) is 9.59 Å². The summed E-state index contributed by atoms with van der Waals surface area (Å²) in [5.41, 5.74) is 1.32. The molecule has 0 spiro atoms. The van der Waals surface area contributed by atoms with Crippen molar-refractivity contribution in [2.24, 2.45) is 4.99 Å². The molecule has 142 valence electrons. The second kappa shape index (κ2) is 8.57. The van der Waals surface area contributed by atoms with Crippen molar-refractivity contribution in [3.05, 3.63) is 62.4 Å². The Balaban J connectivity index is 2.13. The lowest BCUT2D eigenvalue weighted by atomic mass is 10.1. The van der Waals surface area contributed by atoms with Crippen LogP contribution in [-0.4, -0.2) is 23.1 Å². The summed E-state index contributed by atoms with van der Waals surface area (Å²) in [6.45, 7) is 1.80. The van der Waals surface area contributed by atoms with Gasteiger partial charge in [-0.05, 0) is 43.3 Å². The maximum Gasteiger partial charge on any atom is 0.326 e. The Morgan fingerprint density at radius 2 is 1.96 bits per heavy atom. The number of fused-ring (bicyclic) bond motifs is 1. The molecule has 0 aliphatic carbocycles. The Bertz CT molecular complexity index is 1170. The molecule has 0 fully saturated rings. The van der Waals surface area contributed by atoms with Crippen LogP contribution in [0.2, 0.25) is 10.0 Å². The monoisotopic (exact) mass is 433 g/mol. The first-order valence-corrected chi connectivity index (χ1v) is 9.73. The molecule has 3 aromatic rings. The largest absolute Gasteiger partial charge is 0.465 e. The number of aromatic nitrogens is 1. The molecule has 1 heterocycles. The van der Waals surface area contributed by atoms with Crippen molar-refractivity contribution in [1.29, 1.82) is 5.26 Å². The molecule has 2 aromatic carbocycles. The molecule has 1 aromatic heterocycles. The number of nitriles is 1. The molecule has 0 saturated carbocycles. The normalized spacial score (nSPS) is 11.4. The van der Waals surface area contributed by atoms with Crippen molar-refractivity contribution < 1.29 is 14.3 Å². The van der Waals surface area contributed by atoms with Crippen molar-refractivity contribution in [2.75, 3.05) is 6.61 Å². The Morgan fingerprint density at radius 3 is 2.61 bits per heavy atom. The minimum atomic E-state index is -0.504. The van der Waals surface area contributed by atoms with Gasteiger partial charge in [0, 0.05) is 10.6 Å². The summed E-state index contributed by atoms with van der Waals surface area (Å²) in [4.78, 5) is 29.1. The number of halogens is 2. The average molecular weight is 434 g/mol. The lowest BCUT2D eigenvalue weighted by Crippen LogP contribution is -2.23. The van der Waals surface area contributed by atoms with Crippen molar-refractivity contribution in [1.82, 2.24) is 4.57 Å². The quantitative estimate of drug-likeness (QED) is 0.577. The Labute approximate surface area is 174 Å². The fraction of sp³-hybridized carbons (Fsp3) is 0.158. The van der Waals surface area contributed by atoms with Gasteiger partial charge < -0.3 is 9.30 Å². The first-order valence-electron chi connectivity index (χ1n) is 8.16. The molecule has 0 bridgehead atoms. The standard InChI is InChI=1S/C19H13Cl2N3O3S/c1-2-27-16(25)10-24-17-14(21)7-13(20)8-15(17)28-19(24)23-18(26)12-5-3-11(9-22)4-6-12/h3-8H,2,10H2,1H3. The summed E-state index contributed by atoms with van der Waals surface area (Å²) < 4.78 is 7.24. The average Bonchev–Trinajstić information content (AvgIpc) is 2.98. The van der Waals surface area contributed by atoms with Crippen molar-refractivity contribution in [3.63, 3.8) is 0 Å². The number of amides is 1. The van der Waals surface area contributed by atoms with Gasteiger partial charge in [0.15, 0.2) is 4.80 Å². The minimum Gasteiger partial charge on any atom is -0.465 e. The van der Waals surface area contributed by atoms with E-state index in [4.69, 9.17) is 33.2 Å². The van der Waals surface area contributed by atoms with Gasteiger partial charge in [0.2, 0.25) is 0 Å². The van der Waals surface area contributed by atoms with Crippen LogP contribution in [0.1, 0.15) is 22.8 Å². The molecule has 6 nitrogen and oxygen atoms in total. The Kier molecular flexibility index (Phi) is 6.15. The number of benzene rings is 2. The minimum absolute atomic E-state index is 0.144. The Hall–Kier alpha value is -2.66. The predicted molar refractivity (Wildman–Crippen MR) is 108 cm³/mol. The molecule has 28 heavy (non-hydrogen) atoms. The molecular formula is C19H13Cl2N3O3S. The lowest BCUT2D eigenvalue weighted by Gasteiger charge is -2.06. The number of esters is 1. The van der Waals surface area contributed by atoms with Gasteiger partial charge in [0.1, 0.15) is 6.54 Å². The summed E-state index contributed by atoms with van der Waals surface area (Å²) in [5.74, 6) is -0.976. The molecule has 0 aliphatic rings. The van der Waals surface area contributed by atoms with Gasteiger partial charge in [-0.15, -0.1) is 0 Å². The molecule has 0 atom stereocenters. The van der Waals surface area contributed by atoms with Crippen molar-refractivity contribution >= 4 is 56.6 Å². The zero-order valence-electron chi connectivity index (χ0n) is 14.6. The summed E-state index contributed by atoms with van der Waals surface area (Å²) in [6.07, 6.45) is 0. The van der Waals surface area contributed by atoms with Gasteiger partial charge in [-0.25, -0.2) is 0 Å². The molecule has 9 heteroatoms. The SMILES string of the molecule is CCOC(=O)Cn1c(=NC(=O)c2ccc(C#N)cc2)sc2cc(Cl)cc(Cl)c21. The van der Waals surface area contributed by atoms with Gasteiger partial charge in [-0.1, -0.05) is 34.5 Å². The van der Waals surface area contributed by atoms with E-state index < -0.39 is 11.9 Å². The summed E-state index contributed by atoms with van der Waals surface area (Å²) >= 11 is 13.6. The van der Waals surface area contributed by atoms with Crippen LogP contribution in [0.3, 0.4) is 0 Å². The van der Waals surface area contributed by atoms with Gasteiger partial charge in [-0.3, -0.25) is 9.59 Å². The van der Waals surface area contributed by atoms with Crippen LogP contribution in [0.4, 0.5) is 0 Å². The van der Waals surface area contributed by atoms with Gasteiger partial charge in [-0.2, -0.15) is 10.3 Å². The molecule has 0 aliphatic heterocycles. The topological polar surface area (TPSA) is 84.5 Å². The molecule has 0 radical (unpaired) electrons. The first-order chi connectivity index (χ1) is 13.4. The van der Waals surface area contributed by atoms with Crippen LogP contribution >= 0.6 is 34.5 Å². The second-order valence-electron chi connectivity index (χ2n) is 5.62. The van der Waals surface area contributed by atoms with E-state index in [0.29, 0.717) is 36.2 Å². The van der Waals surface area contributed by atoms with E-state index >= 15 is 0 Å². The zero-order valence-corrected chi connectivity index (χ0v) is 16.9. The third kappa shape index (κ3) is 4.25. The van der Waals surface area contributed by atoms with Crippen LogP contribution in [0, 0.1) is 11.3 Å². The van der Waals surface area contributed by atoms with Crippen LogP contribution in [-0.2, 0) is 16.1 Å². The highest BCUT2D eigenvalue weighted by Gasteiger charge is 2.16. The molecule has 0 N–H and O–H groups in total. The number of carbonyl (C=O) groups is 2. The zero-order chi connectivity index (χ0) is 20.3. The van der Waals surface area contributed by atoms with Crippen LogP contribution in [0.25, 0.3) is 10.2 Å². The summed E-state index contributed by atoms with van der Waals surface area (Å²) in [7, 11) is 0. The van der Waals surface area contributed by atoms with E-state index in [0.717, 1.165) is 0 Å². The fourth-order valence-corrected chi connectivity index (χ4v) is 4.35. The molecular weight excluding hydrogens is 421 g/mol. The Morgan fingerprint density at radius 1 is 1.25 bits per heavy atom. The fourth-order valence-electron chi connectivity index (χ4n) is 2.54. The number of ether oxygens (including phenoxy) is 1. The summed E-state index contributed by atoms with van der Waals surface area (Å²) in [5, 5.41) is 9.65. The third-order valence-corrected chi connectivity index (χ3v) is 5.28. The number of nitrogens with zero attached hydrogens (tertiary/aromatic N) is 3. The lowest BCUT2D eigenvalue weighted by molar-refractivity contribution is -0.143. The number of thiazole rings is 1. The second-order valence-corrected chi connectivity index (χ2v) is 7.47. The summed E-state index contributed by atoms with van der Waals surface area (Å²) in [6, 6.07) is 11.4. The molecule has 3 rings (SSSR count). The molecule has 0 unspecified atom stereocenters. The number of hydrogen-bond acceptors (Lipinski definition) is 5. The van der Waals surface area contributed by atoms with Crippen molar-refractivity contribution in [3.8, 4) is 6.07 Å². The van der Waals surface area contributed by atoms with Gasteiger partial charge >= 0.3 is 5.97 Å². The molecule has 0 saturated heterocycles. The molecule has 1 amide bonds. The van der Waals surface area contributed by atoms with E-state index in [1.807, 2.05) is 6.07 Å². The van der Waals surface area contributed by atoms with Crippen LogP contribution in [0.5, 0.6) is 0 Å². The maximum absolute atomic E-state index is 12.6. The number of rotatable bonds is 4. The van der Waals surface area contributed by atoms with E-state index in [2.05, 4.69) is 4.99 Å². The highest BCUT2D eigenvalue weighted by Crippen LogP contribution is 2.29. The van der Waals surface area contributed by atoms with E-state index in [-0.39, 0.29) is 13.2 Å². The maximum atomic E-state index is 12.6. The highest BCUT2D eigenvalue weighted by molar-refractivity contribution is 7.16. The van der Waals surface area contributed by atoms with Crippen LogP contribution < -0.4 is 4.80 Å². The first kappa shape index (κ1) is 20.1. The number of hydrogen-bond donors (Lipinski definition) is 0. The highest BCUT2D eigenvalue weighted by atomic mass is 35.5. The van der Waals surface area contributed by atoms with E-state index in [1.54, 1.807) is 19.1 Å².